The number of aryl methyl sites for hydroxylation is 1. The summed E-state index contributed by atoms with van der Waals surface area (Å²) in [5.74, 6) is 2.45. The molecule has 2 heterocycles. The fourth-order valence-electron chi connectivity index (χ4n) is 4.54. The van der Waals surface area contributed by atoms with E-state index in [9.17, 15) is 8.42 Å². The first-order valence-electron chi connectivity index (χ1n) is 9.07. The zero-order valence-corrected chi connectivity index (χ0v) is 15.5. The normalized spacial score (nSPS) is 26.2. The molecule has 0 spiro atoms. The lowest BCUT2D eigenvalue weighted by atomic mass is 9.92. The molecule has 2 aliphatic carbocycles. The van der Waals surface area contributed by atoms with E-state index in [-0.39, 0.29) is 5.09 Å². The van der Waals surface area contributed by atoms with Gasteiger partial charge in [0.1, 0.15) is 5.69 Å². The highest BCUT2D eigenvalue weighted by Gasteiger charge is 2.39. The van der Waals surface area contributed by atoms with E-state index < -0.39 is 10.0 Å². The number of aromatic amines is 1. The molecule has 0 saturated heterocycles. The Morgan fingerprint density at radius 1 is 1.24 bits per heavy atom. The van der Waals surface area contributed by atoms with Crippen molar-refractivity contribution in [2.24, 2.45) is 17.8 Å². The Kier molecular flexibility index (Phi) is 4.24. The summed E-state index contributed by atoms with van der Waals surface area (Å²) in [5, 5.41) is 7.05. The zero-order chi connectivity index (χ0) is 17.6. The quantitative estimate of drug-likeness (QED) is 0.852. The van der Waals surface area contributed by atoms with E-state index in [0.717, 1.165) is 23.6 Å². The van der Waals surface area contributed by atoms with Gasteiger partial charge in [-0.25, -0.2) is 13.1 Å². The molecule has 6 nitrogen and oxygen atoms in total. The number of nitrogens with zero attached hydrogens (tertiary/aromatic N) is 1. The van der Waals surface area contributed by atoms with Crippen LogP contribution < -0.4 is 4.72 Å². The molecular formula is C18H25N3O3S. The topological polar surface area (TPSA) is 88.0 Å². The molecule has 2 fully saturated rings. The molecule has 0 aromatic carbocycles. The van der Waals surface area contributed by atoms with Crippen LogP contribution in [0.1, 0.15) is 43.4 Å². The van der Waals surface area contributed by atoms with Crippen LogP contribution in [0.15, 0.2) is 21.6 Å². The summed E-state index contributed by atoms with van der Waals surface area (Å²) in [6, 6.07) is 3.17. The van der Waals surface area contributed by atoms with Gasteiger partial charge in [-0.2, -0.15) is 5.10 Å². The Balaban J connectivity index is 1.46. The van der Waals surface area contributed by atoms with Gasteiger partial charge in [-0.05, 0) is 63.0 Å². The van der Waals surface area contributed by atoms with E-state index in [0.29, 0.717) is 29.8 Å². The van der Waals surface area contributed by atoms with Crippen molar-refractivity contribution in [2.45, 2.75) is 51.0 Å². The predicted molar refractivity (Wildman–Crippen MR) is 94.5 cm³/mol. The van der Waals surface area contributed by atoms with Crippen LogP contribution in [0.2, 0.25) is 0 Å². The smallest absolute Gasteiger partial charge is 0.273 e. The Morgan fingerprint density at radius 3 is 2.84 bits per heavy atom. The lowest BCUT2D eigenvalue weighted by molar-refractivity contribution is 0.350. The van der Waals surface area contributed by atoms with Gasteiger partial charge < -0.3 is 4.42 Å². The largest absolute Gasteiger partial charge is 0.442 e. The van der Waals surface area contributed by atoms with E-state index in [4.69, 9.17) is 4.42 Å². The number of furan rings is 1. The second-order valence-corrected chi connectivity index (χ2v) is 9.18. The molecule has 3 unspecified atom stereocenters. The molecule has 0 amide bonds. The summed E-state index contributed by atoms with van der Waals surface area (Å²) in [4.78, 5) is 0. The number of aromatic nitrogens is 2. The van der Waals surface area contributed by atoms with Crippen molar-refractivity contribution in [1.29, 1.82) is 0 Å². The Morgan fingerprint density at radius 2 is 2.08 bits per heavy atom. The van der Waals surface area contributed by atoms with Gasteiger partial charge in [0.25, 0.3) is 10.0 Å². The SMILES string of the molecule is Cc1[nH]nc(-c2ccc(S(=O)(=O)NCC3CCC4CCCC43)o2)c1C. The molecule has 3 atom stereocenters. The van der Waals surface area contributed by atoms with Gasteiger partial charge >= 0.3 is 0 Å². The highest BCUT2D eigenvalue weighted by molar-refractivity contribution is 7.89. The third kappa shape index (κ3) is 3.04. The van der Waals surface area contributed by atoms with Gasteiger partial charge in [0.2, 0.25) is 5.09 Å². The van der Waals surface area contributed by atoms with Gasteiger partial charge in [0.05, 0.1) is 0 Å². The maximum atomic E-state index is 12.6. The molecule has 2 aliphatic rings. The molecule has 136 valence electrons. The van der Waals surface area contributed by atoms with Gasteiger partial charge in [-0.15, -0.1) is 0 Å². The van der Waals surface area contributed by atoms with Crippen LogP contribution in [-0.4, -0.2) is 25.2 Å². The second kappa shape index (κ2) is 6.29. The van der Waals surface area contributed by atoms with Gasteiger partial charge in [-0.3, -0.25) is 5.10 Å². The number of hydrogen-bond donors (Lipinski definition) is 2. The summed E-state index contributed by atoms with van der Waals surface area (Å²) in [7, 11) is -3.62. The van der Waals surface area contributed by atoms with Crippen LogP contribution in [0.25, 0.3) is 11.5 Å². The second-order valence-electron chi connectivity index (χ2n) is 7.49. The van der Waals surface area contributed by atoms with Crippen molar-refractivity contribution < 1.29 is 12.8 Å². The van der Waals surface area contributed by atoms with Crippen LogP contribution in [0.5, 0.6) is 0 Å². The Hall–Kier alpha value is -1.60. The molecule has 7 heteroatoms. The number of H-pyrrole nitrogens is 1. The summed E-state index contributed by atoms with van der Waals surface area (Å²) < 4.78 is 33.5. The summed E-state index contributed by atoms with van der Waals surface area (Å²) in [6.45, 7) is 4.37. The van der Waals surface area contributed by atoms with Crippen molar-refractivity contribution in [3.63, 3.8) is 0 Å². The number of fused-ring (bicyclic) bond motifs is 1. The van der Waals surface area contributed by atoms with Gasteiger partial charge in [0, 0.05) is 17.8 Å². The lowest BCUT2D eigenvalue weighted by Gasteiger charge is -2.18. The molecule has 4 rings (SSSR count). The third-order valence-corrected chi connectivity index (χ3v) is 7.40. The number of rotatable bonds is 5. The minimum absolute atomic E-state index is 0.0384. The number of hydrogen-bond acceptors (Lipinski definition) is 4. The minimum Gasteiger partial charge on any atom is -0.442 e. The first-order valence-corrected chi connectivity index (χ1v) is 10.6. The molecule has 2 N–H and O–H groups in total. The van der Waals surface area contributed by atoms with Crippen molar-refractivity contribution >= 4 is 10.0 Å². The molecule has 25 heavy (non-hydrogen) atoms. The monoisotopic (exact) mass is 363 g/mol. The average molecular weight is 363 g/mol. The van der Waals surface area contributed by atoms with E-state index in [1.807, 2.05) is 13.8 Å². The molecule has 2 aromatic heterocycles. The Labute approximate surface area is 148 Å². The zero-order valence-electron chi connectivity index (χ0n) is 14.7. The number of sulfonamides is 1. The standard InChI is InChI=1S/C18H25N3O3S/c1-11-12(2)20-21-18(11)16-8-9-17(24-16)25(22,23)19-10-14-7-6-13-4-3-5-15(13)14/h8-9,13-15,19H,3-7,10H2,1-2H3,(H,20,21). The fourth-order valence-corrected chi connectivity index (χ4v) is 5.57. The van der Waals surface area contributed by atoms with E-state index in [1.165, 1.54) is 31.7 Å². The van der Waals surface area contributed by atoms with Crippen LogP contribution in [-0.2, 0) is 10.0 Å². The van der Waals surface area contributed by atoms with E-state index >= 15 is 0 Å². The Bertz CT molecular complexity index is 868. The van der Waals surface area contributed by atoms with Crippen LogP contribution in [0.4, 0.5) is 0 Å². The van der Waals surface area contributed by atoms with Crippen molar-refractivity contribution in [1.82, 2.24) is 14.9 Å². The first-order chi connectivity index (χ1) is 12.0. The van der Waals surface area contributed by atoms with Crippen molar-refractivity contribution in [3.05, 3.63) is 23.4 Å². The molecule has 2 aromatic rings. The third-order valence-electron chi connectivity index (χ3n) is 6.10. The molecule has 0 radical (unpaired) electrons. The van der Waals surface area contributed by atoms with E-state index in [2.05, 4.69) is 14.9 Å². The van der Waals surface area contributed by atoms with Crippen molar-refractivity contribution in [3.8, 4) is 11.5 Å². The van der Waals surface area contributed by atoms with E-state index in [1.54, 1.807) is 6.07 Å². The predicted octanol–water partition coefficient (Wildman–Crippen LogP) is 3.39. The molecule has 2 saturated carbocycles. The highest BCUT2D eigenvalue weighted by Crippen LogP contribution is 2.47. The van der Waals surface area contributed by atoms with Crippen LogP contribution >= 0.6 is 0 Å². The first kappa shape index (κ1) is 16.8. The summed E-state index contributed by atoms with van der Waals surface area (Å²) in [6.07, 6.45) is 6.24. The lowest BCUT2D eigenvalue weighted by Crippen LogP contribution is -2.30. The van der Waals surface area contributed by atoms with Crippen LogP contribution in [0, 0.1) is 31.6 Å². The summed E-state index contributed by atoms with van der Waals surface area (Å²) >= 11 is 0. The van der Waals surface area contributed by atoms with Crippen LogP contribution in [0.3, 0.4) is 0 Å². The molecular weight excluding hydrogens is 338 g/mol. The molecule has 0 bridgehead atoms. The maximum absolute atomic E-state index is 12.6. The average Bonchev–Trinajstić information content (AvgIpc) is 3.32. The summed E-state index contributed by atoms with van der Waals surface area (Å²) in [5.41, 5.74) is 2.56. The number of nitrogens with one attached hydrogen (secondary N) is 2. The van der Waals surface area contributed by atoms with Gasteiger partial charge in [0.15, 0.2) is 5.76 Å². The molecule has 0 aliphatic heterocycles. The van der Waals surface area contributed by atoms with Crippen molar-refractivity contribution in [2.75, 3.05) is 6.54 Å². The fraction of sp³-hybridized carbons (Fsp3) is 0.611. The highest BCUT2D eigenvalue weighted by atomic mass is 32.2. The minimum atomic E-state index is -3.62. The van der Waals surface area contributed by atoms with Gasteiger partial charge in [-0.1, -0.05) is 12.8 Å². The maximum Gasteiger partial charge on any atom is 0.273 e.